The van der Waals surface area contributed by atoms with Gasteiger partial charge in [0.1, 0.15) is 5.69 Å². The van der Waals surface area contributed by atoms with Gasteiger partial charge in [-0.3, -0.25) is 0 Å². The molecule has 0 spiro atoms. The molecule has 0 fully saturated rings. The molecule has 6 nitrogen and oxygen atoms in total. The number of rotatable bonds is 4. The summed E-state index contributed by atoms with van der Waals surface area (Å²) < 4.78 is 4.82. The summed E-state index contributed by atoms with van der Waals surface area (Å²) >= 11 is 1.41. The summed E-state index contributed by atoms with van der Waals surface area (Å²) in [7, 11) is 0. The number of carboxylic acids is 1. The lowest BCUT2D eigenvalue weighted by atomic mass is 10.3. The van der Waals surface area contributed by atoms with E-state index in [1.165, 1.54) is 30.4 Å². The van der Waals surface area contributed by atoms with E-state index in [-0.39, 0.29) is 5.69 Å². The lowest BCUT2D eigenvalue weighted by Crippen LogP contribution is -1.99. The Labute approximate surface area is 94.7 Å². The number of aromatic carboxylic acids is 1. The van der Waals surface area contributed by atoms with E-state index < -0.39 is 5.97 Å². The van der Waals surface area contributed by atoms with Crippen molar-refractivity contribution in [2.24, 2.45) is 0 Å². The van der Waals surface area contributed by atoms with Crippen LogP contribution >= 0.6 is 11.8 Å². The van der Waals surface area contributed by atoms with Crippen LogP contribution in [0.1, 0.15) is 16.4 Å². The molecule has 0 radical (unpaired) electrons. The number of thioether (sulfide) groups is 1. The molecule has 0 atom stereocenters. The molecule has 2 aromatic rings. The van der Waals surface area contributed by atoms with Crippen molar-refractivity contribution in [3.63, 3.8) is 0 Å². The van der Waals surface area contributed by atoms with Crippen LogP contribution in [-0.4, -0.2) is 26.2 Å². The van der Waals surface area contributed by atoms with Crippen LogP contribution < -0.4 is 0 Å². The largest absolute Gasteiger partial charge is 0.477 e. The first kappa shape index (κ1) is 10.6. The molecule has 0 unspecified atom stereocenters. The third kappa shape index (κ3) is 2.57. The molecule has 0 aliphatic heterocycles. The summed E-state index contributed by atoms with van der Waals surface area (Å²) in [6, 6.07) is 3.23. The molecule has 0 aromatic carbocycles. The van der Waals surface area contributed by atoms with Gasteiger partial charge in [-0.15, -0.1) is 11.8 Å². The van der Waals surface area contributed by atoms with Gasteiger partial charge in [-0.1, -0.05) is 5.16 Å². The third-order valence-corrected chi connectivity index (χ3v) is 2.70. The quantitative estimate of drug-likeness (QED) is 0.805. The van der Waals surface area contributed by atoms with Gasteiger partial charge in [0.05, 0.1) is 5.75 Å². The zero-order valence-electron chi connectivity index (χ0n) is 8.03. The Morgan fingerprint density at radius 2 is 2.38 bits per heavy atom. The minimum atomic E-state index is -1.04. The van der Waals surface area contributed by atoms with Crippen LogP contribution in [0.4, 0.5) is 0 Å². The molecular weight excluding hydrogens is 230 g/mol. The van der Waals surface area contributed by atoms with Crippen molar-refractivity contribution in [3.8, 4) is 0 Å². The van der Waals surface area contributed by atoms with Crippen molar-refractivity contribution in [2.75, 3.05) is 0 Å². The van der Waals surface area contributed by atoms with E-state index in [1.54, 1.807) is 6.07 Å². The van der Waals surface area contributed by atoms with Crippen molar-refractivity contribution >= 4 is 17.7 Å². The van der Waals surface area contributed by atoms with E-state index in [0.29, 0.717) is 11.6 Å². The maximum atomic E-state index is 10.7. The number of nitrogens with zero attached hydrogens (tertiary/aromatic N) is 3. The highest BCUT2D eigenvalue weighted by molar-refractivity contribution is 7.98. The number of hydrogen-bond donors (Lipinski definition) is 1. The molecule has 0 amide bonds. The summed E-state index contributed by atoms with van der Waals surface area (Å²) in [4.78, 5) is 19.0. The first-order valence-corrected chi connectivity index (χ1v) is 5.32. The van der Waals surface area contributed by atoms with Crippen LogP contribution in [0.25, 0.3) is 0 Å². The average molecular weight is 237 g/mol. The second kappa shape index (κ2) is 4.75. The maximum absolute atomic E-state index is 10.7. The Bertz CT molecular complexity index is 487. The Morgan fingerprint density at radius 3 is 3.06 bits per heavy atom. The molecule has 82 valence electrons. The predicted molar refractivity (Wildman–Crippen MR) is 55.1 cm³/mol. The number of hydrogen-bond acceptors (Lipinski definition) is 6. The monoisotopic (exact) mass is 237 g/mol. The topological polar surface area (TPSA) is 89.1 Å². The molecule has 0 saturated carbocycles. The molecule has 2 heterocycles. The van der Waals surface area contributed by atoms with E-state index in [0.717, 1.165) is 4.90 Å². The smallest absolute Gasteiger partial charge is 0.354 e. The fraction of sp³-hybridized carbons (Fsp3) is 0.111. The van der Waals surface area contributed by atoms with E-state index in [2.05, 4.69) is 15.1 Å². The molecule has 16 heavy (non-hydrogen) atoms. The van der Waals surface area contributed by atoms with E-state index in [4.69, 9.17) is 9.63 Å². The summed E-state index contributed by atoms with van der Waals surface area (Å²) in [6.45, 7) is 0. The Balaban J connectivity index is 2.04. The van der Waals surface area contributed by atoms with Crippen LogP contribution in [-0.2, 0) is 5.75 Å². The molecule has 0 saturated heterocycles. The van der Waals surface area contributed by atoms with Gasteiger partial charge in [-0.05, 0) is 12.1 Å². The van der Waals surface area contributed by atoms with Gasteiger partial charge < -0.3 is 9.63 Å². The van der Waals surface area contributed by atoms with Gasteiger partial charge in [0, 0.05) is 11.1 Å². The van der Waals surface area contributed by atoms with Crippen LogP contribution in [0.15, 0.2) is 34.1 Å². The lowest BCUT2D eigenvalue weighted by Gasteiger charge is -1.99. The third-order valence-electron chi connectivity index (χ3n) is 1.72. The highest BCUT2D eigenvalue weighted by Gasteiger charge is 2.06. The lowest BCUT2D eigenvalue weighted by molar-refractivity contribution is 0.0690. The van der Waals surface area contributed by atoms with Gasteiger partial charge in [0.2, 0.25) is 5.89 Å². The van der Waals surface area contributed by atoms with Crippen LogP contribution in [0.2, 0.25) is 0 Å². The first-order valence-electron chi connectivity index (χ1n) is 4.33. The number of carbonyl (C=O) groups is 1. The van der Waals surface area contributed by atoms with Gasteiger partial charge in [0.15, 0.2) is 6.33 Å². The van der Waals surface area contributed by atoms with Gasteiger partial charge in [-0.2, -0.15) is 4.98 Å². The molecular formula is C9H7N3O3S. The summed E-state index contributed by atoms with van der Waals surface area (Å²) in [6.07, 6.45) is 2.78. The second-order valence-electron chi connectivity index (χ2n) is 2.81. The first-order chi connectivity index (χ1) is 7.75. The van der Waals surface area contributed by atoms with Crippen molar-refractivity contribution in [1.29, 1.82) is 0 Å². The van der Waals surface area contributed by atoms with Crippen LogP contribution in [0, 0.1) is 0 Å². The minimum absolute atomic E-state index is 0.0236. The molecule has 2 aromatic heterocycles. The molecule has 7 heteroatoms. The fourth-order valence-corrected chi connectivity index (χ4v) is 1.79. The van der Waals surface area contributed by atoms with E-state index in [1.807, 2.05) is 0 Å². The summed E-state index contributed by atoms with van der Waals surface area (Å²) in [5, 5.41) is 12.2. The predicted octanol–water partition coefficient (Wildman–Crippen LogP) is 1.46. The average Bonchev–Trinajstić information content (AvgIpc) is 2.79. The number of pyridine rings is 1. The summed E-state index contributed by atoms with van der Waals surface area (Å²) in [5.41, 5.74) is 0.0236. The molecule has 1 N–H and O–H groups in total. The van der Waals surface area contributed by atoms with Crippen molar-refractivity contribution in [2.45, 2.75) is 10.6 Å². The van der Waals surface area contributed by atoms with Gasteiger partial charge in [0.25, 0.3) is 0 Å². The van der Waals surface area contributed by atoms with Gasteiger partial charge in [-0.25, -0.2) is 9.78 Å². The highest BCUT2D eigenvalue weighted by atomic mass is 32.2. The maximum Gasteiger partial charge on any atom is 0.354 e. The minimum Gasteiger partial charge on any atom is -0.477 e. The molecule has 0 aliphatic carbocycles. The summed E-state index contributed by atoms with van der Waals surface area (Å²) in [5.74, 6) is -0.0396. The van der Waals surface area contributed by atoms with E-state index in [9.17, 15) is 4.79 Å². The Morgan fingerprint density at radius 1 is 1.50 bits per heavy atom. The Hall–Kier alpha value is -1.89. The van der Waals surface area contributed by atoms with Gasteiger partial charge >= 0.3 is 5.97 Å². The molecule has 2 rings (SSSR count). The molecule has 0 aliphatic rings. The standard InChI is InChI=1S/C9H7N3O3S/c13-9(14)7-3-6(1-2-10-7)16-4-8-11-5-12-15-8/h1-3,5H,4H2,(H,13,14). The zero-order chi connectivity index (χ0) is 11.4. The number of carboxylic acid groups (broad SMARTS) is 1. The second-order valence-corrected chi connectivity index (χ2v) is 3.85. The van der Waals surface area contributed by atoms with Crippen molar-refractivity contribution < 1.29 is 14.4 Å². The van der Waals surface area contributed by atoms with Crippen LogP contribution in [0.5, 0.6) is 0 Å². The van der Waals surface area contributed by atoms with Crippen molar-refractivity contribution in [1.82, 2.24) is 15.1 Å². The van der Waals surface area contributed by atoms with E-state index >= 15 is 0 Å². The fourth-order valence-electron chi connectivity index (χ4n) is 1.02. The zero-order valence-corrected chi connectivity index (χ0v) is 8.85. The van der Waals surface area contributed by atoms with Crippen molar-refractivity contribution in [3.05, 3.63) is 36.2 Å². The highest BCUT2D eigenvalue weighted by Crippen LogP contribution is 2.21. The van der Waals surface area contributed by atoms with Crippen LogP contribution in [0.3, 0.4) is 0 Å². The Kier molecular flexibility index (Phi) is 3.16. The molecule has 0 bridgehead atoms. The normalized spacial score (nSPS) is 10.2. The SMILES string of the molecule is O=C(O)c1cc(SCc2ncno2)ccn1. The number of aromatic nitrogens is 3.